The van der Waals surface area contributed by atoms with E-state index in [1.54, 1.807) is 0 Å². The fourth-order valence-electron chi connectivity index (χ4n) is 5.62. The molecule has 0 N–H and O–H groups in total. The highest BCUT2D eigenvalue weighted by molar-refractivity contribution is 5.78. The fraction of sp³-hybridized carbons (Fsp3) is 0.696. The maximum absolute atomic E-state index is 13.0. The third-order valence-electron chi connectivity index (χ3n) is 7.23. The quantitative estimate of drug-likeness (QED) is 0.779. The van der Waals surface area contributed by atoms with Crippen molar-refractivity contribution < 1.29 is 14.3 Å². The van der Waals surface area contributed by atoms with Crippen LogP contribution in [0.2, 0.25) is 0 Å². The normalized spacial score (nSPS) is 27.7. The van der Waals surface area contributed by atoms with Gasteiger partial charge >= 0.3 is 0 Å². The lowest BCUT2D eigenvalue weighted by molar-refractivity contribution is -0.139. The Bertz CT molecular complexity index is 730. The third kappa shape index (κ3) is 4.24. The molecule has 2 atom stereocenters. The van der Waals surface area contributed by atoms with Crippen LogP contribution in [0.25, 0.3) is 0 Å². The van der Waals surface area contributed by atoms with E-state index in [-0.39, 0.29) is 0 Å². The molecule has 0 unspecified atom stereocenters. The summed E-state index contributed by atoms with van der Waals surface area (Å²) >= 11 is 0. The van der Waals surface area contributed by atoms with Crippen molar-refractivity contribution in [2.75, 3.05) is 46.1 Å². The molecule has 1 aliphatic carbocycles. The van der Waals surface area contributed by atoms with E-state index in [1.807, 2.05) is 6.07 Å². The van der Waals surface area contributed by atoms with Crippen LogP contribution in [0.5, 0.6) is 11.5 Å². The van der Waals surface area contributed by atoms with Crippen LogP contribution in [0, 0.1) is 5.92 Å². The molecule has 29 heavy (non-hydrogen) atoms. The average molecular weight is 400 g/mol. The first kappa shape index (κ1) is 19.2. The molecular formula is C23H33N3O3. The molecule has 0 aromatic heterocycles. The van der Waals surface area contributed by atoms with E-state index in [0.717, 1.165) is 56.7 Å². The van der Waals surface area contributed by atoms with Crippen LogP contribution >= 0.6 is 0 Å². The van der Waals surface area contributed by atoms with Crippen molar-refractivity contribution in [1.82, 2.24) is 14.7 Å². The van der Waals surface area contributed by atoms with Gasteiger partial charge in [-0.2, -0.15) is 0 Å². The van der Waals surface area contributed by atoms with Gasteiger partial charge in [-0.15, -0.1) is 0 Å². The van der Waals surface area contributed by atoms with Crippen molar-refractivity contribution in [3.05, 3.63) is 23.8 Å². The Morgan fingerprint density at radius 1 is 0.897 bits per heavy atom. The lowest BCUT2D eigenvalue weighted by Crippen LogP contribution is -2.54. The van der Waals surface area contributed by atoms with E-state index in [4.69, 9.17) is 9.47 Å². The molecule has 1 aromatic rings. The molecular weight excluding hydrogens is 366 g/mol. The Morgan fingerprint density at radius 3 is 2.55 bits per heavy atom. The molecule has 6 heteroatoms. The summed E-state index contributed by atoms with van der Waals surface area (Å²) in [5.74, 6) is 2.83. The minimum Gasteiger partial charge on any atom is -0.454 e. The Balaban J connectivity index is 1.11. The summed E-state index contributed by atoms with van der Waals surface area (Å²) < 4.78 is 10.9. The lowest BCUT2D eigenvalue weighted by Gasteiger charge is -2.45. The SMILES string of the molecule is O=C(CN1CCN(Cc2ccc3c(c2)OCO3)CC1)N1CCC[C@@H]2CCCC[C@@H]21. The summed E-state index contributed by atoms with van der Waals surface area (Å²) in [4.78, 5) is 20.1. The molecule has 3 fully saturated rings. The van der Waals surface area contributed by atoms with Gasteiger partial charge < -0.3 is 14.4 Å². The number of carbonyl (C=O) groups excluding carboxylic acids is 1. The molecule has 0 spiro atoms. The van der Waals surface area contributed by atoms with E-state index < -0.39 is 0 Å². The summed E-state index contributed by atoms with van der Waals surface area (Å²) in [6.45, 7) is 6.78. The number of likely N-dealkylation sites (tertiary alicyclic amines) is 1. The number of rotatable bonds is 4. The largest absolute Gasteiger partial charge is 0.454 e. The average Bonchev–Trinajstić information content (AvgIpc) is 3.22. The molecule has 4 aliphatic rings. The topological polar surface area (TPSA) is 45.3 Å². The van der Waals surface area contributed by atoms with Crippen LogP contribution in [0.4, 0.5) is 0 Å². The zero-order valence-corrected chi connectivity index (χ0v) is 17.4. The van der Waals surface area contributed by atoms with Crippen LogP contribution in [0.1, 0.15) is 44.1 Å². The highest BCUT2D eigenvalue weighted by atomic mass is 16.7. The molecule has 3 heterocycles. The first-order valence-corrected chi connectivity index (χ1v) is 11.4. The van der Waals surface area contributed by atoms with Crippen molar-refractivity contribution in [2.24, 2.45) is 5.92 Å². The molecule has 5 rings (SSSR count). The van der Waals surface area contributed by atoms with E-state index in [1.165, 1.54) is 44.1 Å². The van der Waals surface area contributed by atoms with E-state index >= 15 is 0 Å². The Labute approximate surface area is 173 Å². The van der Waals surface area contributed by atoms with Crippen molar-refractivity contribution in [3.63, 3.8) is 0 Å². The van der Waals surface area contributed by atoms with Crippen molar-refractivity contribution in [2.45, 2.75) is 51.1 Å². The van der Waals surface area contributed by atoms with Crippen LogP contribution < -0.4 is 9.47 Å². The van der Waals surface area contributed by atoms with E-state index in [0.29, 0.717) is 25.3 Å². The second-order valence-electron chi connectivity index (χ2n) is 9.08. The summed E-state index contributed by atoms with van der Waals surface area (Å²) in [5.41, 5.74) is 1.26. The van der Waals surface area contributed by atoms with Crippen LogP contribution in [0.15, 0.2) is 18.2 Å². The van der Waals surface area contributed by atoms with Crippen LogP contribution in [-0.2, 0) is 11.3 Å². The fourth-order valence-corrected chi connectivity index (χ4v) is 5.62. The number of hydrogen-bond acceptors (Lipinski definition) is 5. The molecule has 1 amide bonds. The van der Waals surface area contributed by atoms with Gasteiger partial charge in [-0.3, -0.25) is 14.6 Å². The van der Waals surface area contributed by atoms with Crippen molar-refractivity contribution >= 4 is 5.91 Å². The number of piperazine rings is 1. The van der Waals surface area contributed by atoms with Gasteiger partial charge in [0.15, 0.2) is 11.5 Å². The molecule has 3 aliphatic heterocycles. The summed E-state index contributed by atoms with van der Waals surface area (Å²) in [5, 5.41) is 0. The maximum atomic E-state index is 13.0. The number of amides is 1. The number of nitrogens with zero attached hydrogens (tertiary/aromatic N) is 3. The van der Waals surface area contributed by atoms with Crippen LogP contribution in [-0.4, -0.2) is 72.7 Å². The zero-order chi connectivity index (χ0) is 19.6. The highest BCUT2D eigenvalue weighted by Gasteiger charge is 2.36. The van der Waals surface area contributed by atoms with Gasteiger partial charge in [0.05, 0.1) is 6.54 Å². The lowest BCUT2D eigenvalue weighted by atomic mass is 9.78. The zero-order valence-electron chi connectivity index (χ0n) is 17.4. The van der Waals surface area contributed by atoms with Crippen molar-refractivity contribution in [3.8, 4) is 11.5 Å². The van der Waals surface area contributed by atoms with E-state index in [2.05, 4.69) is 26.8 Å². The molecule has 1 aromatic carbocycles. The van der Waals surface area contributed by atoms with E-state index in [9.17, 15) is 4.79 Å². The molecule has 0 bridgehead atoms. The standard InChI is InChI=1S/C23H33N3O3/c27-23(26-9-3-5-19-4-1-2-6-20(19)26)16-25-12-10-24(11-13-25)15-18-7-8-21-22(14-18)29-17-28-21/h7-8,14,19-20H,1-6,9-13,15-17H2/t19-,20-/m0/s1. The number of hydrogen-bond donors (Lipinski definition) is 0. The number of fused-ring (bicyclic) bond motifs is 2. The Morgan fingerprint density at radius 2 is 1.66 bits per heavy atom. The predicted molar refractivity (Wildman–Crippen MR) is 111 cm³/mol. The number of carbonyl (C=O) groups is 1. The third-order valence-corrected chi connectivity index (χ3v) is 7.23. The van der Waals surface area contributed by atoms with Gasteiger partial charge in [-0.25, -0.2) is 0 Å². The number of benzene rings is 1. The second-order valence-corrected chi connectivity index (χ2v) is 9.08. The minimum absolute atomic E-state index is 0.324. The summed E-state index contributed by atoms with van der Waals surface area (Å²) in [6, 6.07) is 6.75. The second kappa shape index (κ2) is 8.52. The van der Waals surface area contributed by atoms with Gasteiger partial charge in [0.2, 0.25) is 12.7 Å². The number of ether oxygens (including phenoxy) is 2. The summed E-state index contributed by atoms with van der Waals surface area (Å²) in [7, 11) is 0. The Hall–Kier alpha value is -1.79. The molecule has 1 saturated carbocycles. The Kier molecular flexibility index (Phi) is 5.64. The van der Waals surface area contributed by atoms with Gasteiger partial charge in [-0.1, -0.05) is 18.9 Å². The summed E-state index contributed by atoms with van der Waals surface area (Å²) in [6.07, 6.45) is 7.72. The molecule has 6 nitrogen and oxygen atoms in total. The number of piperidine rings is 1. The van der Waals surface area contributed by atoms with Gasteiger partial charge in [0, 0.05) is 45.3 Å². The first-order valence-electron chi connectivity index (χ1n) is 11.4. The maximum Gasteiger partial charge on any atom is 0.237 e. The molecule has 158 valence electrons. The highest BCUT2D eigenvalue weighted by Crippen LogP contribution is 2.35. The van der Waals surface area contributed by atoms with Gasteiger partial charge in [-0.05, 0) is 49.3 Å². The monoisotopic (exact) mass is 399 g/mol. The van der Waals surface area contributed by atoms with Crippen LogP contribution in [0.3, 0.4) is 0 Å². The molecule has 0 radical (unpaired) electrons. The van der Waals surface area contributed by atoms with Gasteiger partial charge in [0.1, 0.15) is 0 Å². The minimum atomic E-state index is 0.324. The predicted octanol–water partition coefficient (Wildman–Crippen LogP) is 2.71. The smallest absolute Gasteiger partial charge is 0.237 e. The van der Waals surface area contributed by atoms with Crippen molar-refractivity contribution in [1.29, 1.82) is 0 Å². The molecule has 2 saturated heterocycles. The first-order chi connectivity index (χ1) is 14.3. The van der Waals surface area contributed by atoms with Gasteiger partial charge in [0.25, 0.3) is 0 Å².